The Labute approximate surface area is 131 Å². The van der Waals surface area contributed by atoms with Crippen LogP contribution in [0.3, 0.4) is 0 Å². The minimum Gasteiger partial charge on any atom is -0.314 e. The lowest BCUT2D eigenvalue weighted by Gasteiger charge is -2.31. The largest absolute Gasteiger partial charge is 0.314 e. The summed E-state index contributed by atoms with van der Waals surface area (Å²) in [4.78, 5) is 0. The van der Waals surface area contributed by atoms with E-state index in [4.69, 9.17) is 0 Å². The molecule has 1 heterocycles. The summed E-state index contributed by atoms with van der Waals surface area (Å²) < 4.78 is 28.7. The molecule has 0 bridgehead atoms. The Morgan fingerprint density at radius 3 is 2.38 bits per heavy atom. The van der Waals surface area contributed by atoms with Crippen molar-refractivity contribution in [2.45, 2.75) is 65.3 Å². The molecule has 1 saturated heterocycles. The van der Waals surface area contributed by atoms with Crippen molar-refractivity contribution in [1.29, 1.82) is 0 Å². The van der Waals surface area contributed by atoms with Crippen LogP contribution in [-0.4, -0.2) is 44.9 Å². The van der Waals surface area contributed by atoms with Gasteiger partial charge in [0, 0.05) is 25.7 Å². The van der Waals surface area contributed by atoms with E-state index in [9.17, 15) is 8.42 Å². The fraction of sp³-hybridized carbons (Fsp3) is 1.00. The van der Waals surface area contributed by atoms with E-state index >= 15 is 0 Å². The second kappa shape index (κ2) is 9.77. The summed E-state index contributed by atoms with van der Waals surface area (Å²) in [5.41, 5.74) is 0. The van der Waals surface area contributed by atoms with Gasteiger partial charge >= 0.3 is 0 Å². The van der Waals surface area contributed by atoms with Crippen molar-refractivity contribution in [2.75, 3.05) is 26.2 Å². The fourth-order valence-electron chi connectivity index (χ4n) is 2.60. The predicted molar refractivity (Wildman–Crippen MR) is 88.5 cm³/mol. The molecule has 0 amide bonds. The van der Waals surface area contributed by atoms with E-state index in [2.05, 4.69) is 30.8 Å². The Hall–Kier alpha value is -0.170. The highest BCUT2D eigenvalue weighted by Gasteiger charge is 2.27. The van der Waals surface area contributed by atoms with E-state index in [0.29, 0.717) is 31.6 Å². The molecule has 0 aromatic heterocycles. The van der Waals surface area contributed by atoms with E-state index in [-0.39, 0.29) is 0 Å². The maximum absolute atomic E-state index is 12.2. The zero-order valence-corrected chi connectivity index (χ0v) is 14.7. The maximum Gasteiger partial charge on any atom is 0.279 e. The molecule has 0 aromatic rings. The highest BCUT2D eigenvalue weighted by Crippen LogP contribution is 2.18. The number of nitrogens with one attached hydrogen (secondary N) is 2. The second-order valence-electron chi connectivity index (χ2n) is 6.37. The van der Waals surface area contributed by atoms with Gasteiger partial charge in [0.05, 0.1) is 0 Å². The summed E-state index contributed by atoms with van der Waals surface area (Å²) in [5, 5.41) is 3.44. The molecule has 0 saturated carbocycles. The molecule has 21 heavy (non-hydrogen) atoms. The Balaban J connectivity index is 2.25. The molecule has 126 valence electrons. The summed E-state index contributed by atoms with van der Waals surface area (Å²) in [5.74, 6) is 0.600. The van der Waals surface area contributed by atoms with Crippen LogP contribution in [0.4, 0.5) is 0 Å². The zero-order chi connectivity index (χ0) is 15.7. The van der Waals surface area contributed by atoms with Gasteiger partial charge < -0.3 is 5.32 Å². The lowest BCUT2D eigenvalue weighted by Crippen LogP contribution is -2.46. The molecule has 0 aliphatic carbocycles. The highest BCUT2D eigenvalue weighted by molar-refractivity contribution is 7.87. The van der Waals surface area contributed by atoms with Crippen molar-refractivity contribution in [2.24, 2.45) is 5.92 Å². The average Bonchev–Trinajstić information content (AvgIpc) is 2.45. The van der Waals surface area contributed by atoms with Crippen LogP contribution in [0.5, 0.6) is 0 Å². The molecule has 1 aliphatic rings. The lowest BCUT2D eigenvalue weighted by atomic mass is 9.98. The molecule has 1 fully saturated rings. The van der Waals surface area contributed by atoms with Crippen molar-refractivity contribution in [3.8, 4) is 0 Å². The molecule has 0 aromatic carbocycles. The first kappa shape index (κ1) is 18.9. The van der Waals surface area contributed by atoms with Crippen LogP contribution in [0.1, 0.15) is 59.3 Å². The molecule has 2 N–H and O–H groups in total. The molecule has 1 rings (SSSR count). The van der Waals surface area contributed by atoms with E-state index in [1.54, 1.807) is 4.31 Å². The van der Waals surface area contributed by atoms with Gasteiger partial charge in [-0.25, -0.2) is 4.72 Å². The second-order valence-corrected chi connectivity index (χ2v) is 8.12. The smallest absolute Gasteiger partial charge is 0.279 e. The van der Waals surface area contributed by atoms with Crippen molar-refractivity contribution in [3.05, 3.63) is 0 Å². The SMILES string of the molecule is CCCCCCNS(=O)(=O)N1CCC(CNC(C)C)CC1. The number of rotatable bonds is 10. The van der Waals surface area contributed by atoms with Crippen LogP contribution in [0.15, 0.2) is 0 Å². The van der Waals surface area contributed by atoms with Gasteiger partial charge in [0.25, 0.3) is 10.2 Å². The minimum atomic E-state index is -3.26. The average molecular weight is 320 g/mol. The third kappa shape index (κ3) is 7.58. The van der Waals surface area contributed by atoms with Crippen LogP contribution >= 0.6 is 0 Å². The number of hydrogen-bond acceptors (Lipinski definition) is 3. The Morgan fingerprint density at radius 1 is 1.14 bits per heavy atom. The lowest BCUT2D eigenvalue weighted by molar-refractivity contribution is 0.261. The molecular weight excluding hydrogens is 286 g/mol. The zero-order valence-electron chi connectivity index (χ0n) is 13.9. The van der Waals surface area contributed by atoms with E-state index in [1.807, 2.05) is 0 Å². The van der Waals surface area contributed by atoms with Gasteiger partial charge in [0.2, 0.25) is 0 Å². The normalized spacial score (nSPS) is 18.5. The summed E-state index contributed by atoms with van der Waals surface area (Å²) in [6, 6.07) is 0.497. The number of hydrogen-bond donors (Lipinski definition) is 2. The third-order valence-corrected chi connectivity index (χ3v) is 5.66. The van der Waals surface area contributed by atoms with Crippen LogP contribution in [0.2, 0.25) is 0 Å². The van der Waals surface area contributed by atoms with Crippen LogP contribution in [-0.2, 0) is 10.2 Å². The van der Waals surface area contributed by atoms with Crippen LogP contribution < -0.4 is 10.0 Å². The van der Waals surface area contributed by atoms with Gasteiger partial charge in [-0.2, -0.15) is 12.7 Å². The monoisotopic (exact) mass is 319 g/mol. The first-order chi connectivity index (χ1) is 9.95. The first-order valence-corrected chi connectivity index (χ1v) is 9.87. The minimum absolute atomic E-state index is 0.497. The molecule has 0 spiro atoms. The van der Waals surface area contributed by atoms with Gasteiger partial charge in [-0.3, -0.25) is 0 Å². The van der Waals surface area contributed by atoms with Gasteiger partial charge in [-0.15, -0.1) is 0 Å². The molecule has 1 aliphatic heterocycles. The third-order valence-electron chi connectivity index (χ3n) is 4.04. The summed E-state index contributed by atoms with van der Waals surface area (Å²) in [7, 11) is -3.26. The van der Waals surface area contributed by atoms with Crippen molar-refractivity contribution < 1.29 is 8.42 Å². The number of piperidine rings is 1. The summed E-state index contributed by atoms with van der Waals surface area (Å²) in [6.07, 6.45) is 6.29. The van der Waals surface area contributed by atoms with Gasteiger partial charge in [0.1, 0.15) is 0 Å². The van der Waals surface area contributed by atoms with Crippen LogP contribution in [0.25, 0.3) is 0 Å². The molecule has 0 atom stereocenters. The first-order valence-electron chi connectivity index (χ1n) is 8.43. The molecule has 0 radical (unpaired) electrons. The number of nitrogens with zero attached hydrogens (tertiary/aromatic N) is 1. The maximum atomic E-state index is 12.2. The predicted octanol–water partition coefficient (Wildman–Crippen LogP) is 2.11. The highest BCUT2D eigenvalue weighted by atomic mass is 32.2. The standard InChI is InChI=1S/C15H33N3O2S/c1-4-5-6-7-10-17-21(19,20)18-11-8-15(9-12-18)13-16-14(2)3/h14-17H,4-13H2,1-3H3. The Bertz CT molecular complexity index is 363. The van der Waals surface area contributed by atoms with Gasteiger partial charge in [-0.05, 0) is 31.7 Å². The molecular formula is C15H33N3O2S. The molecule has 5 nitrogen and oxygen atoms in total. The van der Waals surface area contributed by atoms with E-state index in [0.717, 1.165) is 32.2 Å². The van der Waals surface area contributed by atoms with Crippen molar-refractivity contribution in [1.82, 2.24) is 14.3 Å². The van der Waals surface area contributed by atoms with Gasteiger partial charge in [-0.1, -0.05) is 40.0 Å². The molecule has 0 unspecified atom stereocenters. The van der Waals surface area contributed by atoms with Gasteiger partial charge in [0.15, 0.2) is 0 Å². The summed E-state index contributed by atoms with van der Waals surface area (Å²) >= 11 is 0. The quantitative estimate of drug-likeness (QED) is 0.606. The Kier molecular flexibility index (Phi) is 8.78. The van der Waals surface area contributed by atoms with Crippen LogP contribution in [0, 0.1) is 5.92 Å². The topological polar surface area (TPSA) is 61.4 Å². The van der Waals surface area contributed by atoms with Crippen molar-refractivity contribution >= 4 is 10.2 Å². The Morgan fingerprint density at radius 2 is 1.81 bits per heavy atom. The van der Waals surface area contributed by atoms with E-state index in [1.165, 1.54) is 12.8 Å². The number of unbranched alkanes of at least 4 members (excludes halogenated alkanes) is 3. The van der Waals surface area contributed by atoms with E-state index < -0.39 is 10.2 Å². The molecule has 6 heteroatoms. The van der Waals surface area contributed by atoms with Crippen molar-refractivity contribution in [3.63, 3.8) is 0 Å². The fourth-order valence-corrected chi connectivity index (χ4v) is 3.88. The summed E-state index contributed by atoms with van der Waals surface area (Å²) in [6.45, 7) is 9.29.